The predicted octanol–water partition coefficient (Wildman–Crippen LogP) is 2.52. The van der Waals surface area contributed by atoms with E-state index in [2.05, 4.69) is 25.1 Å². The molecular weight excluding hydrogens is 302 g/mol. The van der Waals surface area contributed by atoms with Gasteiger partial charge in [0.25, 0.3) is 0 Å². The van der Waals surface area contributed by atoms with Crippen LogP contribution in [0.2, 0.25) is 5.02 Å². The zero-order valence-electron chi connectivity index (χ0n) is 12.4. The minimum Gasteiger partial charge on any atom is -0.476 e. The molecule has 0 N–H and O–H groups in total. The van der Waals surface area contributed by atoms with Gasteiger partial charge in [-0.3, -0.25) is 0 Å². The van der Waals surface area contributed by atoms with Crippen LogP contribution in [-0.2, 0) is 0 Å². The summed E-state index contributed by atoms with van der Waals surface area (Å²) in [5.74, 6) is 1.86. The van der Waals surface area contributed by atoms with Gasteiger partial charge in [0.05, 0.1) is 29.7 Å². The third kappa shape index (κ3) is 3.82. The molecule has 1 fully saturated rings. The van der Waals surface area contributed by atoms with E-state index in [0.29, 0.717) is 23.4 Å². The second-order valence-corrected chi connectivity index (χ2v) is 5.89. The first kappa shape index (κ1) is 15.0. The van der Waals surface area contributed by atoms with Crippen LogP contribution < -0.4 is 9.64 Å². The average molecular weight is 320 g/mol. The van der Waals surface area contributed by atoms with Crippen LogP contribution >= 0.6 is 11.6 Å². The molecule has 1 saturated heterocycles. The van der Waals surface area contributed by atoms with Crippen molar-refractivity contribution in [3.8, 4) is 5.88 Å². The van der Waals surface area contributed by atoms with Crippen LogP contribution in [0.4, 0.5) is 5.95 Å². The number of halogens is 1. The van der Waals surface area contributed by atoms with Crippen molar-refractivity contribution < 1.29 is 4.74 Å². The molecule has 1 aliphatic rings. The van der Waals surface area contributed by atoms with E-state index in [1.165, 1.54) is 0 Å². The number of hydrogen-bond donors (Lipinski definition) is 0. The van der Waals surface area contributed by atoms with Gasteiger partial charge in [0.1, 0.15) is 0 Å². The quantitative estimate of drug-likeness (QED) is 0.863. The Labute approximate surface area is 134 Å². The lowest BCUT2D eigenvalue weighted by Gasteiger charge is -2.31. The van der Waals surface area contributed by atoms with E-state index < -0.39 is 0 Å². The Morgan fingerprint density at radius 2 is 1.91 bits per heavy atom. The van der Waals surface area contributed by atoms with Gasteiger partial charge in [0.15, 0.2) is 0 Å². The number of aryl methyl sites for hydroxylation is 1. The Kier molecular flexibility index (Phi) is 4.68. The number of anilines is 1. The first-order chi connectivity index (χ1) is 10.7. The van der Waals surface area contributed by atoms with E-state index in [9.17, 15) is 0 Å². The minimum absolute atomic E-state index is 0.520. The molecule has 0 unspecified atom stereocenters. The van der Waals surface area contributed by atoms with Gasteiger partial charge in [-0.15, -0.1) is 5.10 Å². The van der Waals surface area contributed by atoms with E-state index >= 15 is 0 Å². The lowest BCUT2D eigenvalue weighted by atomic mass is 9.98. The number of hydrogen-bond acceptors (Lipinski definition) is 6. The summed E-state index contributed by atoms with van der Waals surface area (Å²) in [6.07, 6.45) is 5.36. The van der Waals surface area contributed by atoms with Crippen LogP contribution in [0, 0.1) is 12.8 Å². The maximum atomic E-state index is 5.81. The van der Waals surface area contributed by atoms with Crippen molar-refractivity contribution in [1.82, 2.24) is 20.2 Å². The van der Waals surface area contributed by atoms with Crippen molar-refractivity contribution in [1.29, 1.82) is 0 Å². The number of aromatic nitrogens is 4. The van der Waals surface area contributed by atoms with E-state index in [1.54, 1.807) is 12.4 Å². The van der Waals surface area contributed by atoms with Crippen molar-refractivity contribution in [2.75, 3.05) is 24.6 Å². The highest BCUT2D eigenvalue weighted by Crippen LogP contribution is 2.21. The summed E-state index contributed by atoms with van der Waals surface area (Å²) in [6.45, 7) is 4.43. The van der Waals surface area contributed by atoms with Gasteiger partial charge in [0, 0.05) is 19.2 Å². The van der Waals surface area contributed by atoms with Gasteiger partial charge in [-0.2, -0.15) is 5.10 Å². The molecule has 0 amide bonds. The number of piperidine rings is 1. The van der Waals surface area contributed by atoms with Crippen molar-refractivity contribution in [2.45, 2.75) is 19.8 Å². The Morgan fingerprint density at radius 3 is 2.55 bits per heavy atom. The highest BCUT2D eigenvalue weighted by Gasteiger charge is 2.21. The van der Waals surface area contributed by atoms with Gasteiger partial charge in [-0.25, -0.2) is 9.97 Å². The third-order valence-electron chi connectivity index (χ3n) is 3.74. The molecule has 116 valence electrons. The van der Waals surface area contributed by atoms with E-state index in [-0.39, 0.29) is 0 Å². The van der Waals surface area contributed by atoms with E-state index in [1.807, 2.05) is 19.1 Å². The van der Waals surface area contributed by atoms with Gasteiger partial charge < -0.3 is 9.64 Å². The Balaban J connectivity index is 1.47. The summed E-state index contributed by atoms with van der Waals surface area (Å²) in [4.78, 5) is 10.7. The van der Waals surface area contributed by atoms with E-state index in [0.717, 1.165) is 37.6 Å². The zero-order valence-corrected chi connectivity index (χ0v) is 13.2. The molecule has 1 aliphatic heterocycles. The van der Waals surface area contributed by atoms with Crippen molar-refractivity contribution in [3.63, 3.8) is 0 Å². The fraction of sp³-hybridized carbons (Fsp3) is 0.467. The van der Waals surface area contributed by atoms with Gasteiger partial charge in [0.2, 0.25) is 11.8 Å². The molecular formula is C15H18ClN5O. The second-order valence-electron chi connectivity index (χ2n) is 5.46. The molecule has 6 nitrogen and oxygen atoms in total. The van der Waals surface area contributed by atoms with Crippen LogP contribution in [0.1, 0.15) is 18.5 Å². The maximum Gasteiger partial charge on any atom is 0.233 e. The average Bonchev–Trinajstić information content (AvgIpc) is 2.56. The van der Waals surface area contributed by atoms with E-state index in [4.69, 9.17) is 16.3 Å². The first-order valence-electron chi connectivity index (χ1n) is 7.36. The molecule has 0 spiro atoms. The summed E-state index contributed by atoms with van der Waals surface area (Å²) in [7, 11) is 0. The van der Waals surface area contributed by atoms with Crippen LogP contribution in [0.25, 0.3) is 0 Å². The SMILES string of the molecule is Cc1ccc(OCC2CCN(c3ncc(Cl)cn3)CC2)nn1. The summed E-state index contributed by atoms with van der Waals surface area (Å²) in [5, 5.41) is 8.57. The number of nitrogens with zero attached hydrogens (tertiary/aromatic N) is 5. The molecule has 7 heteroatoms. The fourth-order valence-corrected chi connectivity index (χ4v) is 2.53. The second kappa shape index (κ2) is 6.87. The first-order valence-corrected chi connectivity index (χ1v) is 7.74. The van der Waals surface area contributed by atoms with Gasteiger partial charge in [-0.05, 0) is 31.7 Å². The molecule has 2 aromatic heterocycles. The highest BCUT2D eigenvalue weighted by atomic mass is 35.5. The van der Waals surface area contributed by atoms with Crippen LogP contribution in [0.15, 0.2) is 24.5 Å². The molecule has 0 bridgehead atoms. The maximum absolute atomic E-state index is 5.81. The summed E-state index contributed by atoms with van der Waals surface area (Å²) < 4.78 is 5.72. The lowest BCUT2D eigenvalue weighted by molar-refractivity contribution is 0.213. The third-order valence-corrected chi connectivity index (χ3v) is 3.94. The van der Waals surface area contributed by atoms with Crippen molar-refractivity contribution in [2.24, 2.45) is 5.92 Å². The predicted molar refractivity (Wildman–Crippen MR) is 84.2 cm³/mol. The largest absolute Gasteiger partial charge is 0.476 e. The zero-order chi connectivity index (χ0) is 15.4. The number of ether oxygens (including phenoxy) is 1. The summed E-state index contributed by atoms with van der Waals surface area (Å²) >= 11 is 5.81. The Hall–Kier alpha value is -1.95. The minimum atomic E-state index is 0.520. The van der Waals surface area contributed by atoms with Crippen molar-refractivity contribution in [3.05, 3.63) is 35.2 Å². The van der Waals surface area contributed by atoms with Gasteiger partial charge in [-0.1, -0.05) is 11.6 Å². The monoisotopic (exact) mass is 319 g/mol. The summed E-state index contributed by atoms with van der Waals surface area (Å²) in [5.41, 5.74) is 0.892. The molecule has 22 heavy (non-hydrogen) atoms. The Bertz CT molecular complexity index is 596. The topological polar surface area (TPSA) is 64.0 Å². The molecule has 0 aliphatic carbocycles. The standard InChI is InChI=1S/C15H18ClN5O/c1-11-2-3-14(20-19-11)22-10-12-4-6-21(7-5-12)15-17-8-13(16)9-18-15/h2-3,8-9,12H,4-7,10H2,1H3. The molecule has 0 radical (unpaired) electrons. The Morgan fingerprint density at radius 1 is 1.18 bits per heavy atom. The molecule has 0 atom stereocenters. The van der Waals surface area contributed by atoms with Gasteiger partial charge >= 0.3 is 0 Å². The fourth-order valence-electron chi connectivity index (χ4n) is 2.44. The lowest BCUT2D eigenvalue weighted by Crippen LogP contribution is -2.36. The smallest absolute Gasteiger partial charge is 0.233 e. The van der Waals surface area contributed by atoms with Crippen LogP contribution in [0.5, 0.6) is 5.88 Å². The normalized spacial score (nSPS) is 15.8. The van der Waals surface area contributed by atoms with Crippen molar-refractivity contribution >= 4 is 17.5 Å². The molecule has 3 rings (SSSR count). The number of rotatable bonds is 4. The molecule has 0 saturated carbocycles. The molecule has 3 heterocycles. The van der Waals surface area contributed by atoms with Crippen LogP contribution in [-0.4, -0.2) is 39.9 Å². The molecule has 2 aromatic rings. The molecule has 0 aromatic carbocycles. The highest BCUT2D eigenvalue weighted by molar-refractivity contribution is 6.30. The summed E-state index contributed by atoms with van der Waals surface area (Å²) in [6, 6.07) is 3.77. The van der Waals surface area contributed by atoms with Crippen LogP contribution in [0.3, 0.4) is 0 Å².